The standard InChI is InChI=1S/2C18H25N3O2.C6H14.2C3H8/c1-2-6-18(7-3-1)21-12-10-20(11-13-21)9-4-5-14-22-16-17-8-15-23-19-17;1-2-5-18(6-3-1)21-12-10-20(11-13-21)9-4-14-22-15-7-17-8-16-23-19-17;1-4-6(3)5-2;2*1-3-2/h1-3,6-8,15H,4-5,9-14,16H2;1-3,5-6,8,16H,4,7,9-15H2;6H,4-5H2,1-3H3;2*3H2,1-2H3. The first-order valence-corrected chi connectivity index (χ1v) is 22.5. The topological polar surface area (TPSA) is 83.5 Å². The lowest BCUT2D eigenvalue weighted by Crippen LogP contribution is -2.46. The molecular formula is C48H80N6O4. The average Bonchev–Trinajstić information content (AvgIpc) is 4.01. The molecule has 0 bridgehead atoms. The Morgan fingerprint density at radius 1 is 0.534 bits per heavy atom. The van der Waals surface area contributed by atoms with E-state index in [9.17, 15) is 0 Å². The summed E-state index contributed by atoms with van der Waals surface area (Å²) in [5.41, 5.74) is 4.50. The smallest absolute Gasteiger partial charge is 0.124 e. The monoisotopic (exact) mass is 805 g/mol. The van der Waals surface area contributed by atoms with Gasteiger partial charge in [0.1, 0.15) is 18.2 Å². The molecule has 2 aromatic heterocycles. The molecule has 58 heavy (non-hydrogen) atoms. The molecule has 0 aliphatic carbocycles. The Bertz CT molecular complexity index is 1290. The molecule has 0 radical (unpaired) electrons. The summed E-state index contributed by atoms with van der Waals surface area (Å²) in [6.07, 6.45) is 12.5. The second-order valence-corrected chi connectivity index (χ2v) is 15.1. The Hall–Kier alpha value is -3.70. The summed E-state index contributed by atoms with van der Waals surface area (Å²) in [4.78, 5) is 10.0. The number of ether oxygens (including phenoxy) is 2. The molecular weight excluding hydrogens is 725 g/mol. The van der Waals surface area contributed by atoms with Crippen LogP contribution in [0.25, 0.3) is 0 Å². The van der Waals surface area contributed by atoms with Crippen LogP contribution in [0.5, 0.6) is 0 Å². The molecule has 0 saturated carbocycles. The zero-order valence-corrected chi connectivity index (χ0v) is 37.5. The predicted octanol–water partition coefficient (Wildman–Crippen LogP) is 10.5. The maximum atomic E-state index is 5.67. The maximum absolute atomic E-state index is 5.67. The molecule has 6 rings (SSSR count). The third-order valence-electron chi connectivity index (χ3n) is 9.89. The zero-order valence-electron chi connectivity index (χ0n) is 37.5. The van der Waals surface area contributed by atoms with E-state index in [1.165, 1.54) is 43.5 Å². The Balaban J connectivity index is 0.000000314. The number of unbranched alkanes of at least 4 members (excludes halogenated alkanes) is 1. The summed E-state index contributed by atoms with van der Waals surface area (Å²) in [5, 5.41) is 7.70. The van der Waals surface area contributed by atoms with Crippen molar-refractivity contribution in [1.82, 2.24) is 20.1 Å². The third kappa shape index (κ3) is 23.6. The van der Waals surface area contributed by atoms with Crippen molar-refractivity contribution >= 4 is 11.4 Å². The highest BCUT2D eigenvalue weighted by atomic mass is 16.5. The minimum Gasteiger partial charge on any atom is -0.381 e. The van der Waals surface area contributed by atoms with Crippen LogP contribution in [0.2, 0.25) is 0 Å². The lowest BCUT2D eigenvalue weighted by atomic mass is 10.1. The zero-order chi connectivity index (χ0) is 41.9. The summed E-state index contributed by atoms with van der Waals surface area (Å²) >= 11 is 0. The van der Waals surface area contributed by atoms with Gasteiger partial charge in [0.2, 0.25) is 0 Å². The normalized spacial score (nSPS) is 14.3. The quantitative estimate of drug-likeness (QED) is 0.0907. The average molecular weight is 805 g/mol. The molecule has 2 aliphatic heterocycles. The Morgan fingerprint density at radius 3 is 1.41 bits per heavy atom. The summed E-state index contributed by atoms with van der Waals surface area (Å²) in [5.74, 6) is 0.935. The van der Waals surface area contributed by atoms with Crippen molar-refractivity contribution in [3.8, 4) is 0 Å². The molecule has 10 heteroatoms. The predicted molar refractivity (Wildman–Crippen MR) is 243 cm³/mol. The number of nitrogens with zero attached hydrogens (tertiary/aromatic N) is 6. The van der Waals surface area contributed by atoms with Crippen LogP contribution >= 0.6 is 0 Å². The van der Waals surface area contributed by atoms with Crippen LogP contribution in [0.15, 0.2) is 94.4 Å². The van der Waals surface area contributed by atoms with E-state index in [0.717, 1.165) is 115 Å². The van der Waals surface area contributed by atoms with Gasteiger partial charge in [-0.15, -0.1) is 0 Å². The van der Waals surface area contributed by atoms with Gasteiger partial charge < -0.3 is 28.3 Å². The molecule has 4 heterocycles. The number of anilines is 2. The van der Waals surface area contributed by atoms with E-state index >= 15 is 0 Å². The molecule has 2 fully saturated rings. The second-order valence-electron chi connectivity index (χ2n) is 15.1. The van der Waals surface area contributed by atoms with E-state index in [2.05, 4.69) is 139 Å². The molecule has 0 spiro atoms. The van der Waals surface area contributed by atoms with Crippen LogP contribution in [-0.2, 0) is 22.5 Å². The lowest BCUT2D eigenvalue weighted by Gasteiger charge is -2.36. The van der Waals surface area contributed by atoms with Crippen molar-refractivity contribution in [1.29, 1.82) is 0 Å². The highest BCUT2D eigenvalue weighted by molar-refractivity contribution is 5.47. The van der Waals surface area contributed by atoms with E-state index < -0.39 is 0 Å². The van der Waals surface area contributed by atoms with E-state index in [0.29, 0.717) is 13.2 Å². The Morgan fingerprint density at radius 2 is 0.983 bits per heavy atom. The molecule has 326 valence electrons. The number of benzene rings is 2. The molecule has 10 nitrogen and oxygen atoms in total. The van der Waals surface area contributed by atoms with Crippen molar-refractivity contribution in [3.05, 3.63) is 96.7 Å². The first-order valence-electron chi connectivity index (χ1n) is 22.5. The highest BCUT2D eigenvalue weighted by Gasteiger charge is 2.17. The molecule has 2 saturated heterocycles. The highest BCUT2D eigenvalue weighted by Crippen LogP contribution is 2.17. The fraction of sp³-hybridized carbons (Fsp3) is 0.625. The van der Waals surface area contributed by atoms with Gasteiger partial charge in [0.05, 0.1) is 18.9 Å². The molecule has 0 amide bonds. The van der Waals surface area contributed by atoms with Crippen molar-refractivity contribution in [2.24, 2.45) is 5.92 Å². The first kappa shape index (κ1) is 50.4. The summed E-state index contributed by atoms with van der Waals surface area (Å²) in [6.45, 7) is 29.4. The molecule has 2 aliphatic rings. The van der Waals surface area contributed by atoms with Crippen molar-refractivity contribution in [2.45, 2.75) is 106 Å². The summed E-state index contributed by atoms with van der Waals surface area (Å²) < 4.78 is 20.8. The van der Waals surface area contributed by atoms with Gasteiger partial charge in [0.25, 0.3) is 0 Å². The summed E-state index contributed by atoms with van der Waals surface area (Å²) in [6, 6.07) is 25.1. The van der Waals surface area contributed by atoms with Crippen LogP contribution in [0, 0.1) is 5.92 Å². The number of piperazine rings is 2. The number of aromatic nitrogens is 2. The Kier molecular flexibility index (Phi) is 29.7. The van der Waals surface area contributed by atoms with E-state index in [-0.39, 0.29) is 0 Å². The molecule has 0 N–H and O–H groups in total. The lowest BCUT2D eigenvalue weighted by molar-refractivity contribution is 0.109. The van der Waals surface area contributed by atoms with Gasteiger partial charge in [0.15, 0.2) is 0 Å². The molecule has 0 atom stereocenters. The van der Waals surface area contributed by atoms with Gasteiger partial charge >= 0.3 is 0 Å². The fourth-order valence-corrected chi connectivity index (χ4v) is 6.09. The van der Waals surface area contributed by atoms with Gasteiger partial charge in [-0.05, 0) is 56.0 Å². The van der Waals surface area contributed by atoms with Crippen molar-refractivity contribution in [2.75, 3.05) is 95.1 Å². The molecule has 0 unspecified atom stereocenters. The van der Waals surface area contributed by atoms with Gasteiger partial charge in [-0.3, -0.25) is 9.80 Å². The minimum absolute atomic E-state index is 0.548. The van der Waals surface area contributed by atoms with Gasteiger partial charge in [-0.2, -0.15) is 0 Å². The van der Waals surface area contributed by atoms with E-state index in [4.69, 9.17) is 18.5 Å². The fourth-order valence-electron chi connectivity index (χ4n) is 6.09. The van der Waals surface area contributed by atoms with Crippen LogP contribution in [0.3, 0.4) is 0 Å². The SMILES string of the molecule is CCC.CCC.CCC(C)CC.c1ccc(N2CCN(CCCCOCc3ccon3)CC2)cc1.c1ccc(N2CCN(CCCOCCc3ccon3)CC2)cc1. The van der Waals surface area contributed by atoms with Gasteiger partial charge in [-0.1, -0.05) is 121 Å². The number of rotatable bonds is 18. The van der Waals surface area contributed by atoms with Crippen molar-refractivity contribution in [3.63, 3.8) is 0 Å². The van der Waals surface area contributed by atoms with Crippen LogP contribution in [0.4, 0.5) is 11.4 Å². The van der Waals surface area contributed by atoms with Crippen molar-refractivity contribution < 1.29 is 18.5 Å². The first-order chi connectivity index (χ1) is 28.5. The molecule has 4 aromatic rings. The minimum atomic E-state index is 0.548. The Labute approximate surface area is 353 Å². The van der Waals surface area contributed by atoms with Crippen LogP contribution in [0.1, 0.15) is 105 Å². The van der Waals surface area contributed by atoms with Crippen LogP contribution in [-0.4, -0.2) is 105 Å². The van der Waals surface area contributed by atoms with Gasteiger partial charge in [0, 0.05) is 102 Å². The maximum Gasteiger partial charge on any atom is 0.124 e. The van der Waals surface area contributed by atoms with E-state index in [1.807, 2.05) is 12.1 Å². The van der Waals surface area contributed by atoms with Crippen LogP contribution < -0.4 is 9.80 Å². The second kappa shape index (κ2) is 34.2. The third-order valence-corrected chi connectivity index (χ3v) is 9.89. The number of hydrogen-bond acceptors (Lipinski definition) is 10. The number of para-hydroxylation sites is 2. The largest absolute Gasteiger partial charge is 0.381 e. The molecule has 2 aromatic carbocycles. The number of hydrogen-bond donors (Lipinski definition) is 0. The van der Waals surface area contributed by atoms with Gasteiger partial charge in [-0.25, -0.2) is 0 Å². The summed E-state index contributed by atoms with van der Waals surface area (Å²) in [7, 11) is 0. The van der Waals surface area contributed by atoms with E-state index in [1.54, 1.807) is 12.5 Å².